The van der Waals surface area contributed by atoms with Crippen molar-refractivity contribution < 1.29 is 19.5 Å². The molecular weight excluding hydrogens is 260 g/mol. The number of anilines is 1. The van der Waals surface area contributed by atoms with Crippen LogP contribution >= 0.6 is 0 Å². The van der Waals surface area contributed by atoms with Crippen LogP contribution < -0.4 is 10.6 Å². The minimum Gasteiger partial charge on any atom is -0.480 e. The number of aliphatic carboxylic acids is 1. The van der Waals surface area contributed by atoms with Gasteiger partial charge in [0.25, 0.3) is 5.91 Å². The Morgan fingerprint density at radius 2 is 1.85 bits per heavy atom. The zero-order valence-corrected chi connectivity index (χ0v) is 11.6. The van der Waals surface area contributed by atoms with E-state index in [1.165, 1.54) is 13.0 Å². The lowest BCUT2D eigenvalue weighted by atomic mass is 10.0. The van der Waals surface area contributed by atoms with Crippen LogP contribution in [0.1, 0.15) is 31.1 Å². The van der Waals surface area contributed by atoms with Gasteiger partial charge in [-0.25, -0.2) is 4.79 Å². The average Bonchev–Trinajstić information content (AvgIpc) is 2.34. The van der Waals surface area contributed by atoms with Crippen LogP contribution in [0.2, 0.25) is 0 Å². The number of rotatable bonds is 5. The van der Waals surface area contributed by atoms with E-state index >= 15 is 0 Å². The lowest BCUT2D eigenvalue weighted by Gasteiger charge is -2.18. The maximum Gasteiger partial charge on any atom is 0.326 e. The summed E-state index contributed by atoms with van der Waals surface area (Å²) in [4.78, 5) is 34.0. The molecule has 20 heavy (non-hydrogen) atoms. The average molecular weight is 278 g/mol. The first kappa shape index (κ1) is 15.7. The minimum absolute atomic E-state index is 0.227. The van der Waals surface area contributed by atoms with Gasteiger partial charge in [0, 0.05) is 18.2 Å². The Kier molecular flexibility index (Phi) is 5.25. The summed E-state index contributed by atoms with van der Waals surface area (Å²) in [5.41, 5.74) is 0.782. The number of nitrogens with one attached hydrogen (secondary N) is 2. The smallest absolute Gasteiger partial charge is 0.326 e. The standard InChI is InChI=1S/C14H18N2O4/c1-8(2)12(14(19)20)16-13(18)10-5-4-6-11(7-10)15-9(3)17/h4-8,12H,1-3H3,(H,15,17)(H,16,18)(H,19,20)/t12-/m0/s1. The molecule has 0 aliphatic heterocycles. The molecule has 0 spiro atoms. The fourth-order valence-electron chi connectivity index (χ4n) is 1.68. The van der Waals surface area contributed by atoms with Gasteiger partial charge in [0.1, 0.15) is 6.04 Å². The Balaban J connectivity index is 2.86. The van der Waals surface area contributed by atoms with E-state index in [9.17, 15) is 14.4 Å². The van der Waals surface area contributed by atoms with Crippen molar-refractivity contribution >= 4 is 23.5 Å². The quantitative estimate of drug-likeness (QED) is 0.760. The number of hydrogen-bond acceptors (Lipinski definition) is 3. The fraction of sp³-hybridized carbons (Fsp3) is 0.357. The maximum absolute atomic E-state index is 12.0. The van der Waals surface area contributed by atoms with Crippen LogP contribution in [0.4, 0.5) is 5.69 Å². The van der Waals surface area contributed by atoms with Crippen LogP contribution in [0.5, 0.6) is 0 Å². The van der Waals surface area contributed by atoms with E-state index in [0.717, 1.165) is 0 Å². The highest BCUT2D eigenvalue weighted by Crippen LogP contribution is 2.11. The second-order valence-electron chi connectivity index (χ2n) is 4.80. The third-order valence-electron chi connectivity index (χ3n) is 2.66. The predicted molar refractivity (Wildman–Crippen MR) is 74.5 cm³/mol. The monoisotopic (exact) mass is 278 g/mol. The Morgan fingerprint density at radius 1 is 1.20 bits per heavy atom. The lowest BCUT2D eigenvalue weighted by Crippen LogP contribution is -2.44. The van der Waals surface area contributed by atoms with Crippen LogP contribution in [-0.2, 0) is 9.59 Å². The Morgan fingerprint density at radius 3 is 2.35 bits per heavy atom. The second-order valence-corrected chi connectivity index (χ2v) is 4.80. The van der Waals surface area contributed by atoms with E-state index in [1.807, 2.05) is 0 Å². The molecule has 0 aliphatic rings. The van der Waals surface area contributed by atoms with Crippen molar-refractivity contribution in [2.24, 2.45) is 5.92 Å². The Labute approximate surface area is 117 Å². The molecular formula is C14H18N2O4. The van der Waals surface area contributed by atoms with Gasteiger partial charge in [-0.2, -0.15) is 0 Å². The van der Waals surface area contributed by atoms with E-state index in [0.29, 0.717) is 11.3 Å². The molecule has 108 valence electrons. The number of benzene rings is 1. The van der Waals surface area contributed by atoms with Crippen molar-refractivity contribution in [2.45, 2.75) is 26.8 Å². The molecule has 3 N–H and O–H groups in total. The van der Waals surface area contributed by atoms with Gasteiger partial charge in [0.2, 0.25) is 5.91 Å². The number of carbonyl (C=O) groups excluding carboxylic acids is 2. The van der Waals surface area contributed by atoms with Gasteiger partial charge in [-0.1, -0.05) is 19.9 Å². The molecule has 2 amide bonds. The Hall–Kier alpha value is -2.37. The number of carbonyl (C=O) groups is 3. The molecule has 0 saturated heterocycles. The maximum atomic E-state index is 12.0. The molecule has 0 fully saturated rings. The predicted octanol–water partition coefficient (Wildman–Crippen LogP) is 1.48. The number of hydrogen-bond donors (Lipinski definition) is 3. The summed E-state index contributed by atoms with van der Waals surface area (Å²) < 4.78 is 0. The molecule has 6 nitrogen and oxygen atoms in total. The summed E-state index contributed by atoms with van der Waals surface area (Å²) in [6.45, 7) is 4.80. The summed E-state index contributed by atoms with van der Waals surface area (Å²) in [7, 11) is 0. The molecule has 1 rings (SSSR count). The van der Waals surface area contributed by atoms with Crippen LogP contribution in [0.3, 0.4) is 0 Å². The van der Waals surface area contributed by atoms with Gasteiger partial charge in [0.05, 0.1) is 0 Å². The van der Waals surface area contributed by atoms with Crippen molar-refractivity contribution in [3.63, 3.8) is 0 Å². The van der Waals surface area contributed by atoms with Gasteiger partial charge in [-0.3, -0.25) is 9.59 Å². The highest BCUT2D eigenvalue weighted by Gasteiger charge is 2.23. The summed E-state index contributed by atoms with van der Waals surface area (Å²) in [6, 6.07) is 5.36. The normalized spacial score (nSPS) is 11.8. The second kappa shape index (κ2) is 6.70. The zero-order chi connectivity index (χ0) is 15.3. The van der Waals surface area contributed by atoms with Crippen molar-refractivity contribution in [3.05, 3.63) is 29.8 Å². The van der Waals surface area contributed by atoms with Crippen molar-refractivity contribution in [3.8, 4) is 0 Å². The third-order valence-corrected chi connectivity index (χ3v) is 2.66. The lowest BCUT2D eigenvalue weighted by molar-refractivity contribution is -0.140. The van der Waals surface area contributed by atoms with Crippen molar-refractivity contribution in [1.82, 2.24) is 5.32 Å². The van der Waals surface area contributed by atoms with E-state index in [2.05, 4.69) is 10.6 Å². The van der Waals surface area contributed by atoms with Crippen LogP contribution in [0.25, 0.3) is 0 Å². The summed E-state index contributed by atoms with van der Waals surface area (Å²) in [6.07, 6.45) is 0. The number of carboxylic acid groups (broad SMARTS) is 1. The number of amides is 2. The molecule has 0 heterocycles. The fourth-order valence-corrected chi connectivity index (χ4v) is 1.68. The largest absolute Gasteiger partial charge is 0.480 e. The highest BCUT2D eigenvalue weighted by molar-refractivity contribution is 5.98. The molecule has 1 aromatic carbocycles. The molecule has 0 bridgehead atoms. The van der Waals surface area contributed by atoms with Gasteiger partial charge in [-0.15, -0.1) is 0 Å². The SMILES string of the molecule is CC(=O)Nc1cccc(C(=O)N[C@H](C(=O)O)C(C)C)c1. The molecule has 0 radical (unpaired) electrons. The molecule has 0 saturated carbocycles. The van der Waals surface area contributed by atoms with Crippen molar-refractivity contribution in [2.75, 3.05) is 5.32 Å². The topological polar surface area (TPSA) is 95.5 Å². The van der Waals surface area contributed by atoms with Gasteiger partial charge in [-0.05, 0) is 24.1 Å². The van der Waals surface area contributed by atoms with Crippen LogP contribution in [0, 0.1) is 5.92 Å². The molecule has 1 atom stereocenters. The van der Waals surface area contributed by atoms with Gasteiger partial charge >= 0.3 is 5.97 Å². The summed E-state index contributed by atoms with van der Waals surface area (Å²) in [5, 5.41) is 14.1. The minimum atomic E-state index is -1.08. The van der Waals surface area contributed by atoms with Crippen LogP contribution in [0.15, 0.2) is 24.3 Å². The van der Waals surface area contributed by atoms with E-state index in [1.54, 1.807) is 32.0 Å². The third kappa shape index (κ3) is 4.38. The summed E-state index contributed by atoms with van der Waals surface area (Å²) >= 11 is 0. The van der Waals surface area contributed by atoms with Gasteiger partial charge < -0.3 is 15.7 Å². The first-order valence-corrected chi connectivity index (χ1v) is 6.22. The van der Waals surface area contributed by atoms with Gasteiger partial charge in [0.15, 0.2) is 0 Å². The molecule has 0 unspecified atom stereocenters. The molecule has 0 aromatic heterocycles. The zero-order valence-electron chi connectivity index (χ0n) is 11.6. The van der Waals surface area contributed by atoms with E-state index in [4.69, 9.17) is 5.11 Å². The Bertz CT molecular complexity index is 526. The highest BCUT2D eigenvalue weighted by atomic mass is 16.4. The van der Waals surface area contributed by atoms with Crippen molar-refractivity contribution in [1.29, 1.82) is 0 Å². The first-order chi connectivity index (χ1) is 9.31. The van der Waals surface area contributed by atoms with Crippen LogP contribution in [-0.4, -0.2) is 28.9 Å². The first-order valence-electron chi connectivity index (χ1n) is 6.22. The summed E-state index contributed by atoms with van der Waals surface area (Å²) in [5.74, 6) is -2.03. The number of carboxylic acids is 1. The van der Waals surface area contributed by atoms with E-state index in [-0.39, 0.29) is 11.8 Å². The molecule has 0 aliphatic carbocycles. The molecule has 1 aromatic rings. The van der Waals surface area contributed by atoms with E-state index < -0.39 is 17.9 Å². The molecule has 6 heteroatoms.